The van der Waals surface area contributed by atoms with Crippen LogP contribution in [0, 0.1) is 0 Å². The maximum atomic E-state index is 11.1. The maximum absolute atomic E-state index is 11.1. The number of allylic oxidation sites excluding steroid dienone is 3. The summed E-state index contributed by atoms with van der Waals surface area (Å²) in [6.45, 7) is 2.35. The van der Waals surface area contributed by atoms with E-state index in [4.69, 9.17) is 14.2 Å². The first-order valence-corrected chi connectivity index (χ1v) is 12.2. The number of aromatic nitrogens is 2. The molecule has 0 saturated carbocycles. The predicted octanol–water partition coefficient (Wildman–Crippen LogP) is 3.73. The normalized spacial score (nSPS) is 20.5. The van der Waals surface area contributed by atoms with Crippen molar-refractivity contribution in [3.05, 3.63) is 78.3 Å². The van der Waals surface area contributed by atoms with Gasteiger partial charge in [-0.3, -0.25) is 4.98 Å². The van der Waals surface area contributed by atoms with Crippen molar-refractivity contribution in [2.24, 2.45) is 0 Å². The van der Waals surface area contributed by atoms with Crippen LogP contribution >= 0.6 is 0 Å². The number of rotatable bonds is 8. The van der Waals surface area contributed by atoms with E-state index in [0.717, 1.165) is 55.6 Å². The van der Waals surface area contributed by atoms with Gasteiger partial charge in [0.15, 0.2) is 5.76 Å². The van der Waals surface area contributed by atoms with E-state index in [2.05, 4.69) is 38.4 Å². The third-order valence-corrected chi connectivity index (χ3v) is 6.80. The van der Waals surface area contributed by atoms with E-state index in [0.29, 0.717) is 24.0 Å². The zero-order chi connectivity index (χ0) is 24.0. The molecule has 0 amide bonds. The highest BCUT2D eigenvalue weighted by atomic mass is 16.5. The Labute approximate surface area is 205 Å². The Balaban J connectivity index is 1.21. The van der Waals surface area contributed by atoms with Crippen molar-refractivity contribution in [1.29, 1.82) is 0 Å². The molecule has 1 saturated heterocycles. The monoisotopic (exact) mass is 476 g/mol. The third-order valence-electron chi connectivity index (χ3n) is 6.80. The van der Waals surface area contributed by atoms with Crippen LogP contribution in [0.5, 0.6) is 5.88 Å². The summed E-state index contributed by atoms with van der Waals surface area (Å²) in [5, 5.41) is 14.9. The van der Waals surface area contributed by atoms with Crippen LogP contribution in [0.4, 0.5) is 0 Å². The first-order chi connectivity index (χ1) is 17.2. The van der Waals surface area contributed by atoms with Crippen LogP contribution in [0.25, 0.3) is 11.0 Å². The van der Waals surface area contributed by atoms with Crippen molar-refractivity contribution in [3.63, 3.8) is 0 Å². The van der Waals surface area contributed by atoms with Gasteiger partial charge in [-0.15, -0.1) is 0 Å². The molecular formula is C27H32N4O4. The molecule has 4 heterocycles. The van der Waals surface area contributed by atoms with Gasteiger partial charge in [0.25, 0.3) is 0 Å². The molecule has 5 rings (SSSR count). The van der Waals surface area contributed by atoms with E-state index in [1.807, 2.05) is 12.1 Å². The van der Waals surface area contributed by atoms with Gasteiger partial charge in [0, 0.05) is 30.4 Å². The minimum atomic E-state index is -0.652. The number of aliphatic hydroxyl groups is 1. The number of likely N-dealkylation sites (tertiary alicyclic amines) is 1. The number of nitrogens with one attached hydrogen (secondary N) is 1. The van der Waals surface area contributed by atoms with E-state index >= 15 is 0 Å². The molecule has 1 unspecified atom stereocenters. The summed E-state index contributed by atoms with van der Waals surface area (Å²) < 4.78 is 16.4. The van der Waals surface area contributed by atoms with Gasteiger partial charge in [-0.2, -0.15) is 0 Å². The standard InChI is InChI=1S/C27H32N4O4/c1-33-25-8-7-22-27(30-25)21(9-12-28-22)23(32)17-31-13-10-20(11-14-31)29-26(19-5-3-2-4-6-19)24-18-34-15-16-35-24/h2-3,5,7-9,12,15-16,18,20,23,26,29,32H,4,6,10-11,13-14,17H2,1H3/t23-,26?/m0/s1. The summed E-state index contributed by atoms with van der Waals surface area (Å²) in [4.78, 5) is 11.2. The highest BCUT2D eigenvalue weighted by Gasteiger charge is 2.28. The Morgan fingerprint density at radius 1 is 1.23 bits per heavy atom. The summed E-state index contributed by atoms with van der Waals surface area (Å²) in [5.41, 5.74) is 3.52. The van der Waals surface area contributed by atoms with Crippen LogP contribution < -0.4 is 10.1 Å². The Hall–Kier alpha value is -3.20. The quantitative estimate of drug-likeness (QED) is 0.596. The number of piperidine rings is 1. The summed E-state index contributed by atoms with van der Waals surface area (Å²) >= 11 is 0. The third kappa shape index (κ3) is 5.56. The molecule has 0 spiro atoms. The molecule has 2 atom stereocenters. The highest BCUT2D eigenvalue weighted by molar-refractivity contribution is 5.78. The Morgan fingerprint density at radius 3 is 2.86 bits per heavy atom. The molecule has 1 fully saturated rings. The minimum absolute atomic E-state index is 0.00345. The molecule has 0 aromatic carbocycles. The Kier molecular flexibility index (Phi) is 7.42. The fourth-order valence-electron chi connectivity index (χ4n) is 4.91. The lowest BCUT2D eigenvalue weighted by atomic mass is 9.94. The van der Waals surface area contributed by atoms with Crippen molar-refractivity contribution in [2.45, 2.75) is 43.9 Å². The summed E-state index contributed by atoms with van der Waals surface area (Å²) in [6, 6.07) is 5.85. The smallest absolute Gasteiger partial charge is 0.213 e. The van der Waals surface area contributed by atoms with E-state index < -0.39 is 6.10 Å². The average Bonchev–Trinajstić information content (AvgIpc) is 2.93. The summed E-state index contributed by atoms with van der Waals surface area (Å²) in [7, 11) is 1.59. The zero-order valence-electron chi connectivity index (χ0n) is 20.0. The van der Waals surface area contributed by atoms with E-state index in [1.165, 1.54) is 11.8 Å². The Morgan fingerprint density at radius 2 is 2.11 bits per heavy atom. The molecule has 0 radical (unpaired) electrons. The van der Waals surface area contributed by atoms with Crippen LogP contribution in [-0.2, 0) is 9.47 Å². The number of ether oxygens (including phenoxy) is 3. The molecule has 8 nitrogen and oxygen atoms in total. The minimum Gasteiger partial charge on any atom is -0.481 e. The van der Waals surface area contributed by atoms with Gasteiger partial charge in [0.1, 0.15) is 18.8 Å². The van der Waals surface area contributed by atoms with Crippen molar-refractivity contribution >= 4 is 11.0 Å². The van der Waals surface area contributed by atoms with Crippen molar-refractivity contribution in [2.75, 3.05) is 26.7 Å². The van der Waals surface area contributed by atoms with Gasteiger partial charge >= 0.3 is 0 Å². The molecule has 2 N–H and O–H groups in total. The largest absolute Gasteiger partial charge is 0.481 e. The SMILES string of the molecule is COc1ccc2nccc([C@@H](O)CN3CCC(NC(C4=CC=CCC4)C4=COC=CO4)CC3)c2n1. The fourth-order valence-corrected chi connectivity index (χ4v) is 4.91. The Bertz CT molecular complexity index is 1150. The van der Waals surface area contributed by atoms with Crippen LogP contribution in [-0.4, -0.2) is 58.8 Å². The molecule has 0 bridgehead atoms. The number of methoxy groups -OCH3 is 1. The second-order valence-corrected chi connectivity index (χ2v) is 9.07. The fraction of sp³-hybridized carbons (Fsp3) is 0.407. The second-order valence-electron chi connectivity index (χ2n) is 9.07. The van der Waals surface area contributed by atoms with Gasteiger partial charge < -0.3 is 29.5 Å². The number of nitrogens with zero attached hydrogens (tertiary/aromatic N) is 3. The van der Waals surface area contributed by atoms with E-state index in [9.17, 15) is 5.11 Å². The van der Waals surface area contributed by atoms with Crippen LogP contribution in [0.2, 0.25) is 0 Å². The molecular weight excluding hydrogens is 444 g/mol. The van der Waals surface area contributed by atoms with Crippen molar-refractivity contribution < 1.29 is 19.3 Å². The number of pyridine rings is 2. The molecule has 2 aromatic rings. The molecule has 35 heavy (non-hydrogen) atoms. The number of β-amino-alcohol motifs (C(OH)–C–C–N with tert-alkyl or cyclic N) is 1. The maximum Gasteiger partial charge on any atom is 0.213 e. The van der Waals surface area contributed by atoms with Gasteiger partial charge in [0.2, 0.25) is 5.88 Å². The van der Waals surface area contributed by atoms with Crippen LogP contribution in [0.15, 0.2) is 72.7 Å². The van der Waals surface area contributed by atoms with Crippen molar-refractivity contribution in [1.82, 2.24) is 20.2 Å². The summed E-state index contributed by atoms with van der Waals surface area (Å²) in [6.07, 6.45) is 16.4. The molecule has 2 aromatic heterocycles. The van der Waals surface area contributed by atoms with Gasteiger partial charge in [-0.1, -0.05) is 18.2 Å². The zero-order valence-corrected chi connectivity index (χ0v) is 20.0. The van der Waals surface area contributed by atoms with Gasteiger partial charge in [-0.05, 0) is 56.5 Å². The number of hydrogen-bond acceptors (Lipinski definition) is 8. The molecule has 8 heteroatoms. The molecule has 2 aliphatic heterocycles. The van der Waals surface area contributed by atoms with Crippen LogP contribution in [0.3, 0.4) is 0 Å². The van der Waals surface area contributed by atoms with E-state index in [1.54, 1.807) is 31.9 Å². The van der Waals surface area contributed by atoms with Gasteiger partial charge in [-0.25, -0.2) is 4.98 Å². The van der Waals surface area contributed by atoms with Crippen LogP contribution in [0.1, 0.15) is 37.4 Å². The summed E-state index contributed by atoms with van der Waals surface area (Å²) in [5.74, 6) is 1.31. The van der Waals surface area contributed by atoms with Crippen molar-refractivity contribution in [3.8, 4) is 5.88 Å². The lowest BCUT2D eigenvalue weighted by Gasteiger charge is -2.36. The first kappa shape index (κ1) is 23.5. The lowest BCUT2D eigenvalue weighted by molar-refractivity contribution is 0.0933. The van der Waals surface area contributed by atoms with Gasteiger partial charge in [0.05, 0.1) is 30.3 Å². The lowest BCUT2D eigenvalue weighted by Crippen LogP contribution is -2.48. The number of hydrogen-bond donors (Lipinski definition) is 2. The first-order valence-electron chi connectivity index (χ1n) is 12.2. The van der Waals surface area contributed by atoms with E-state index in [-0.39, 0.29) is 6.04 Å². The average molecular weight is 477 g/mol. The molecule has 184 valence electrons. The molecule has 3 aliphatic rings. The second kappa shape index (κ2) is 11.0. The number of fused-ring (bicyclic) bond motifs is 1. The topological polar surface area (TPSA) is 89.0 Å². The highest BCUT2D eigenvalue weighted by Crippen LogP contribution is 2.27. The number of aliphatic hydroxyl groups excluding tert-OH is 1. The molecule has 1 aliphatic carbocycles. The predicted molar refractivity (Wildman–Crippen MR) is 133 cm³/mol.